The van der Waals surface area contributed by atoms with Crippen molar-refractivity contribution in [2.24, 2.45) is 0 Å². The van der Waals surface area contributed by atoms with Crippen LogP contribution >= 0.6 is 0 Å². The van der Waals surface area contributed by atoms with Gasteiger partial charge in [-0.2, -0.15) is 0 Å². The van der Waals surface area contributed by atoms with Gasteiger partial charge >= 0.3 is 0 Å². The van der Waals surface area contributed by atoms with Gasteiger partial charge in [0.05, 0.1) is 0 Å². The van der Waals surface area contributed by atoms with Crippen molar-refractivity contribution in [2.75, 3.05) is 13.6 Å². The minimum atomic E-state index is 0.144. The summed E-state index contributed by atoms with van der Waals surface area (Å²) in [6, 6.07) is 0. The summed E-state index contributed by atoms with van der Waals surface area (Å²) in [6.45, 7) is 6.94. The van der Waals surface area contributed by atoms with E-state index in [2.05, 4.69) is 32.1 Å². The van der Waals surface area contributed by atoms with E-state index in [1.165, 1.54) is 24.0 Å². The summed E-state index contributed by atoms with van der Waals surface area (Å²) in [4.78, 5) is 12.8. The number of nitrogens with zero attached hydrogens (tertiary/aromatic N) is 1. The average Bonchev–Trinajstić information content (AvgIpc) is 2.38. The lowest BCUT2D eigenvalue weighted by Crippen LogP contribution is -2.24. The largest absolute Gasteiger partial charge is 0.346 e. The highest BCUT2D eigenvalue weighted by Crippen LogP contribution is 2.28. The number of hydrogen-bond donors (Lipinski definition) is 0. The lowest BCUT2D eigenvalue weighted by Gasteiger charge is -2.16. The quantitative estimate of drug-likeness (QED) is 0.655. The van der Waals surface area contributed by atoms with Gasteiger partial charge in [0.15, 0.2) is 0 Å². The maximum Gasteiger partial charge on any atom is 0.219 e. The van der Waals surface area contributed by atoms with E-state index >= 15 is 0 Å². The molecular weight excluding hydrogens is 234 g/mol. The Kier molecular flexibility index (Phi) is 6.61. The molecule has 0 bridgehead atoms. The van der Waals surface area contributed by atoms with Crippen LogP contribution in [-0.2, 0) is 4.79 Å². The molecule has 106 valence electrons. The maximum absolute atomic E-state index is 11.1. The molecule has 0 aromatic heterocycles. The van der Waals surface area contributed by atoms with Gasteiger partial charge in [0.1, 0.15) is 0 Å². The second-order valence-electron chi connectivity index (χ2n) is 5.30. The van der Waals surface area contributed by atoms with Crippen LogP contribution in [0.1, 0.15) is 52.9 Å². The van der Waals surface area contributed by atoms with Crippen molar-refractivity contribution in [3.8, 4) is 0 Å². The predicted molar refractivity (Wildman–Crippen MR) is 82.0 cm³/mol. The number of hydrogen-bond acceptors (Lipinski definition) is 1. The summed E-state index contributed by atoms with van der Waals surface area (Å²) in [7, 11) is 1.86. The van der Waals surface area contributed by atoms with E-state index in [0.29, 0.717) is 0 Å². The molecule has 0 fully saturated rings. The number of unbranched alkanes of at least 4 members (excludes halogenated alkanes) is 1. The van der Waals surface area contributed by atoms with Crippen LogP contribution in [0.5, 0.6) is 0 Å². The van der Waals surface area contributed by atoms with Gasteiger partial charge in [-0.3, -0.25) is 4.79 Å². The van der Waals surface area contributed by atoms with Crippen molar-refractivity contribution >= 4 is 5.91 Å². The number of carbonyl (C=O) groups is 1. The van der Waals surface area contributed by atoms with Gasteiger partial charge in [0, 0.05) is 20.5 Å². The molecule has 1 aliphatic carbocycles. The molecule has 0 saturated heterocycles. The van der Waals surface area contributed by atoms with Crippen molar-refractivity contribution in [1.29, 1.82) is 0 Å². The van der Waals surface area contributed by atoms with Crippen LogP contribution < -0.4 is 0 Å². The molecule has 0 spiro atoms. The smallest absolute Gasteiger partial charge is 0.219 e. The van der Waals surface area contributed by atoms with Gasteiger partial charge in [0.2, 0.25) is 5.91 Å². The van der Waals surface area contributed by atoms with Crippen molar-refractivity contribution in [3.63, 3.8) is 0 Å². The van der Waals surface area contributed by atoms with E-state index in [4.69, 9.17) is 0 Å². The van der Waals surface area contributed by atoms with Gasteiger partial charge < -0.3 is 4.90 Å². The predicted octanol–water partition coefficient (Wildman–Crippen LogP) is 4.25. The van der Waals surface area contributed by atoms with E-state index in [0.717, 1.165) is 25.8 Å². The third-order valence-electron chi connectivity index (χ3n) is 3.80. The Morgan fingerprint density at radius 1 is 1.47 bits per heavy atom. The molecule has 2 nitrogen and oxygen atoms in total. The zero-order valence-electron chi connectivity index (χ0n) is 12.8. The fourth-order valence-corrected chi connectivity index (χ4v) is 2.45. The molecule has 0 aromatic carbocycles. The van der Waals surface area contributed by atoms with E-state index in [1.54, 1.807) is 17.4 Å². The van der Waals surface area contributed by atoms with Crippen LogP contribution in [0.25, 0.3) is 0 Å². The summed E-state index contributed by atoms with van der Waals surface area (Å²) in [5.41, 5.74) is 4.47. The maximum atomic E-state index is 11.1. The van der Waals surface area contributed by atoms with E-state index < -0.39 is 0 Å². The van der Waals surface area contributed by atoms with Crippen LogP contribution in [0, 0.1) is 0 Å². The van der Waals surface area contributed by atoms with Crippen molar-refractivity contribution in [2.45, 2.75) is 52.9 Å². The average molecular weight is 261 g/mol. The minimum absolute atomic E-state index is 0.144. The molecule has 2 heteroatoms. The Balaban J connectivity index is 2.41. The molecule has 1 rings (SSSR count). The first kappa shape index (κ1) is 15.7. The minimum Gasteiger partial charge on any atom is -0.346 e. The Labute approximate surface area is 117 Å². The number of rotatable bonds is 6. The first-order valence-corrected chi connectivity index (χ1v) is 7.33. The van der Waals surface area contributed by atoms with Gasteiger partial charge in [-0.05, 0) is 50.2 Å². The van der Waals surface area contributed by atoms with Gasteiger partial charge in [-0.25, -0.2) is 0 Å². The van der Waals surface area contributed by atoms with Crippen molar-refractivity contribution in [3.05, 3.63) is 34.9 Å². The molecule has 1 amide bonds. The number of allylic oxidation sites excluding steroid dienone is 6. The van der Waals surface area contributed by atoms with Crippen LogP contribution in [0.15, 0.2) is 34.9 Å². The Morgan fingerprint density at radius 3 is 2.84 bits per heavy atom. The zero-order valence-corrected chi connectivity index (χ0v) is 12.8. The van der Waals surface area contributed by atoms with Crippen molar-refractivity contribution in [1.82, 2.24) is 4.90 Å². The molecule has 0 unspecified atom stereocenters. The fraction of sp³-hybridized carbons (Fsp3) is 0.588. The van der Waals surface area contributed by atoms with Crippen molar-refractivity contribution < 1.29 is 4.79 Å². The Bertz CT molecular complexity index is 401. The second kappa shape index (κ2) is 7.98. The van der Waals surface area contributed by atoms with E-state index in [9.17, 15) is 4.79 Å². The lowest BCUT2D eigenvalue weighted by molar-refractivity contribution is -0.127. The summed E-state index contributed by atoms with van der Waals surface area (Å²) in [5, 5.41) is 0. The molecular formula is C17H27NO. The Morgan fingerprint density at radius 2 is 2.21 bits per heavy atom. The first-order valence-electron chi connectivity index (χ1n) is 7.33. The molecule has 0 N–H and O–H groups in total. The zero-order chi connectivity index (χ0) is 14.3. The molecule has 0 radical (unpaired) electrons. The van der Waals surface area contributed by atoms with E-state index in [-0.39, 0.29) is 5.91 Å². The van der Waals surface area contributed by atoms with E-state index in [1.807, 2.05) is 7.05 Å². The van der Waals surface area contributed by atoms with Crippen LogP contribution in [0.4, 0.5) is 0 Å². The molecule has 1 aliphatic rings. The monoisotopic (exact) mass is 261 g/mol. The van der Waals surface area contributed by atoms with Crippen LogP contribution in [0.2, 0.25) is 0 Å². The van der Waals surface area contributed by atoms with Gasteiger partial charge in [-0.15, -0.1) is 0 Å². The third-order valence-corrected chi connectivity index (χ3v) is 3.80. The lowest BCUT2D eigenvalue weighted by atomic mass is 9.90. The second-order valence-corrected chi connectivity index (χ2v) is 5.30. The fourth-order valence-electron chi connectivity index (χ4n) is 2.45. The molecule has 0 aromatic rings. The highest BCUT2D eigenvalue weighted by Gasteiger charge is 2.08. The summed E-state index contributed by atoms with van der Waals surface area (Å²) in [6.07, 6.45) is 12.4. The Hall–Kier alpha value is -1.31. The van der Waals surface area contributed by atoms with Gasteiger partial charge in [0.25, 0.3) is 0 Å². The summed E-state index contributed by atoms with van der Waals surface area (Å²) in [5.74, 6) is 0.144. The molecule has 19 heavy (non-hydrogen) atoms. The first-order chi connectivity index (χ1) is 9.06. The molecule has 0 aliphatic heterocycles. The highest BCUT2D eigenvalue weighted by molar-refractivity contribution is 5.72. The highest BCUT2D eigenvalue weighted by atomic mass is 16.2. The molecule has 0 heterocycles. The normalized spacial score (nSPS) is 15.9. The van der Waals surface area contributed by atoms with Gasteiger partial charge in [-0.1, -0.05) is 30.7 Å². The van der Waals surface area contributed by atoms with Crippen LogP contribution in [-0.4, -0.2) is 24.4 Å². The third kappa shape index (κ3) is 5.06. The standard InChI is InChI=1S/C17H27NO/c1-5-17-14(2)10-9-12-16(17)11-7-6-8-13-18(4)15(3)19/h7,11-12H,5-6,8-10,13H2,1-4H3. The molecule has 0 saturated carbocycles. The SMILES string of the molecule is CCC1=C(C)CCC=C1C=CCCCN(C)C(C)=O. The topological polar surface area (TPSA) is 20.3 Å². The number of carbonyl (C=O) groups excluding carboxylic acids is 1. The molecule has 0 atom stereocenters. The summed E-state index contributed by atoms with van der Waals surface area (Å²) >= 11 is 0. The van der Waals surface area contributed by atoms with Crippen LogP contribution in [0.3, 0.4) is 0 Å². The summed E-state index contributed by atoms with van der Waals surface area (Å²) < 4.78 is 0. The number of amides is 1.